The molecule has 34 heavy (non-hydrogen) atoms. The topological polar surface area (TPSA) is 95.7 Å². The number of rotatable bonds is 8. The Bertz CT molecular complexity index is 1290. The van der Waals surface area contributed by atoms with E-state index in [4.69, 9.17) is 18.6 Å². The summed E-state index contributed by atoms with van der Waals surface area (Å²) in [5, 5.41) is 10.9. The first-order valence-corrected chi connectivity index (χ1v) is 11.6. The first-order valence-electron chi connectivity index (χ1n) is 10.7. The van der Waals surface area contributed by atoms with Crippen molar-refractivity contribution in [3.63, 3.8) is 0 Å². The number of thioether (sulfide) groups is 1. The number of hydrogen-bond donors (Lipinski definition) is 1. The second-order valence-corrected chi connectivity index (χ2v) is 8.32. The highest BCUT2D eigenvalue weighted by Gasteiger charge is 2.26. The summed E-state index contributed by atoms with van der Waals surface area (Å²) in [6.07, 6.45) is 0. The Morgan fingerprint density at radius 3 is 2.68 bits per heavy atom. The Labute approximate surface area is 200 Å². The van der Waals surface area contributed by atoms with Gasteiger partial charge in [0.1, 0.15) is 11.0 Å². The zero-order valence-corrected chi connectivity index (χ0v) is 19.1. The van der Waals surface area contributed by atoms with Gasteiger partial charge in [0.2, 0.25) is 18.6 Å². The van der Waals surface area contributed by atoms with Crippen LogP contribution in [-0.4, -0.2) is 29.5 Å². The first-order chi connectivity index (χ1) is 16.7. The molecule has 0 radical (unpaired) electrons. The van der Waals surface area contributed by atoms with E-state index < -0.39 is 5.25 Å². The largest absolute Gasteiger partial charge is 0.492 e. The second-order valence-electron chi connectivity index (χ2n) is 7.27. The van der Waals surface area contributed by atoms with Crippen molar-refractivity contribution in [2.75, 3.05) is 18.7 Å². The van der Waals surface area contributed by atoms with Crippen LogP contribution in [0.4, 0.5) is 5.69 Å². The van der Waals surface area contributed by atoms with Crippen LogP contribution in [0.5, 0.6) is 17.2 Å². The van der Waals surface area contributed by atoms with Gasteiger partial charge in [-0.1, -0.05) is 42.5 Å². The van der Waals surface area contributed by atoms with Gasteiger partial charge in [-0.2, -0.15) is 0 Å². The van der Waals surface area contributed by atoms with Gasteiger partial charge in [-0.05, 0) is 54.6 Å². The molecule has 1 atom stereocenters. The number of carbonyl (C=O) groups excluding carboxylic acids is 1. The standard InChI is InChI=1S/C25H21N3O5S/c1-2-30-19-11-7-6-10-18(19)26-23(29)22(16-8-4-3-5-9-16)34-25-28-27-24(33-25)17-12-13-20-21(14-17)32-15-31-20/h3-14,22H,2,15H2,1H3,(H,26,29)/t22-/m1/s1. The maximum Gasteiger partial charge on any atom is 0.277 e. The van der Waals surface area contributed by atoms with Gasteiger partial charge in [0.15, 0.2) is 11.5 Å². The van der Waals surface area contributed by atoms with Crippen LogP contribution in [0.25, 0.3) is 11.5 Å². The SMILES string of the molecule is CCOc1ccccc1NC(=O)[C@H](Sc1nnc(-c2ccc3c(c2)OCO3)o1)c1ccccc1. The minimum absolute atomic E-state index is 0.185. The number of fused-ring (bicyclic) bond motifs is 1. The molecule has 5 rings (SSSR count). The third-order valence-corrected chi connectivity index (χ3v) is 6.12. The number of ether oxygens (including phenoxy) is 3. The van der Waals surface area contributed by atoms with E-state index in [2.05, 4.69) is 15.5 Å². The molecule has 172 valence electrons. The van der Waals surface area contributed by atoms with Gasteiger partial charge in [0.25, 0.3) is 5.22 Å². The Hall–Kier alpha value is -3.98. The number of anilines is 1. The lowest BCUT2D eigenvalue weighted by atomic mass is 10.1. The number of nitrogens with one attached hydrogen (secondary N) is 1. The molecular formula is C25H21N3O5S. The lowest BCUT2D eigenvalue weighted by Gasteiger charge is -2.17. The van der Waals surface area contributed by atoms with Gasteiger partial charge in [-0.3, -0.25) is 4.79 Å². The molecule has 0 spiro atoms. The molecule has 1 amide bonds. The van der Waals surface area contributed by atoms with Crippen LogP contribution in [-0.2, 0) is 4.79 Å². The summed E-state index contributed by atoms with van der Waals surface area (Å²) in [6, 6.07) is 22.2. The Morgan fingerprint density at radius 1 is 1.03 bits per heavy atom. The molecular weight excluding hydrogens is 454 g/mol. The molecule has 1 N–H and O–H groups in total. The minimum atomic E-state index is -0.624. The molecule has 3 aromatic carbocycles. The highest BCUT2D eigenvalue weighted by Crippen LogP contribution is 2.39. The summed E-state index contributed by atoms with van der Waals surface area (Å²) in [7, 11) is 0. The maximum atomic E-state index is 13.4. The third-order valence-electron chi connectivity index (χ3n) is 5.03. The van der Waals surface area contributed by atoms with Gasteiger partial charge < -0.3 is 23.9 Å². The van der Waals surface area contributed by atoms with E-state index in [0.717, 1.165) is 5.56 Å². The van der Waals surface area contributed by atoms with E-state index in [9.17, 15) is 4.79 Å². The highest BCUT2D eigenvalue weighted by atomic mass is 32.2. The number of amides is 1. The van der Waals surface area contributed by atoms with Gasteiger partial charge in [0.05, 0.1) is 12.3 Å². The van der Waals surface area contributed by atoms with E-state index in [1.807, 2.05) is 61.5 Å². The van der Waals surface area contributed by atoms with Crippen LogP contribution in [0, 0.1) is 0 Å². The summed E-state index contributed by atoms with van der Waals surface area (Å²) in [5.74, 6) is 2.00. The molecule has 0 bridgehead atoms. The number of benzene rings is 3. The molecule has 2 heterocycles. The zero-order valence-electron chi connectivity index (χ0n) is 18.3. The summed E-state index contributed by atoms with van der Waals surface area (Å²) in [5.41, 5.74) is 2.11. The number of hydrogen-bond acceptors (Lipinski definition) is 8. The van der Waals surface area contributed by atoms with Crippen molar-refractivity contribution in [1.29, 1.82) is 0 Å². The van der Waals surface area contributed by atoms with E-state index in [0.29, 0.717) is 41.0 Å². The van der Waals surface area contributed by atoms with Crippen LogP contribution < -0.4 is 19.5 Å². The molecule has 1 aliphatic heterocycles. The Morgan fingerprint density at radius 2 is 1.82 bits per heavy atom. The van der Waals surface area contributed by atoms with E-state index in [-0.39, 0.29) is 17.9 Å². The smallest absolute Gasteiger partial charge is 0.277 e. The van der Waals surface area contributed by atoms with E-state index in [1.165, 1.54) is 11.8 Å². The number of aromatic nitrogens is 2. The molecule has 0 unspecified atom stereocenters. The normalized spacial score (nSPS) is 12.9. The van der Waals surface area contributed by atoms with Crippen molar-refractivity contribution in [2.24, 2.45) is 0 Å². The fourth-order valence-electron chi connectivity index (χ4n) is 3.45. The number of carbonyl (C=O) groups is 1. The number of para-hydroxylation sites is 2. The molecule has 8 nitrogen and oxygen atoms in total. The third kappa shape index (κ3) is 4.69. The predicted molar refractivity (Wildman–Crippen MR) is 127 cm³/mol. The lowest BCUT2D eigenvalue weighted by Crippen LogP contribution is -2.19. The zero-order chi connectivity index (χ0) is 23.3. The van der Waals surface area contributed by atoms with Gasteiger partial charge >= 0.3 is 0 Å². The quantitative estimate of drug-likeness (QED) is 0.341. The first kappa shape index (κ1) is 21.8. The van der Waals surface area contributed by atoms with E-state index in [1.54, 1.807) is 18.2 Å². The van der Waals surface area contributed by atoms with Crippen molar-refractivity contribution in [3.8, 4) is 28.7 Å². The highest BCUT2D eigenvalue weighted by molar-refractivity contribution is 8.00. The van der Waals surface area contributed by atoms with Crippen molar-refractivity contribution >= 4 is 23.4 Å². The average Bonchev–Trinajstić information content (AvgIpc) is 3.53. The van der Waals surface area contributed by atoms with Gasteiger partial charge in [-0.15, -0.1) is 10.2 Å². The molecule has 4 aromatic rings. The summed E-state index contributed by atoms with van der Waals surface area (Å²) < 4.78 is 22.3. The monoisotopic (exact) mass is 475 g/mol. The molecule has 0 saturated carbocycles. The minimum Gasteiger partial charge on any atom is -0.492 e. The van der Waals surface area contributed by atoms with Crippen molar-refractivity contribution in [1.82, 2.24) is 10.2 Å². The predicted octanol–water partition coefficient (Wildman–Crippen LogP) is 5.34. The Kier molecular flexibility index (Phi) is 6.35. The Balaban J connectivity index is 1.39. The van der Waals surface area contributed by atoms with Crippen LogP contribution >= 0.6 is 11.8 Å². The van der Waals surface area contributed by atoms with Gasteiger partial charge in [0, 0.05) is 5.56 Å². The summed E-state index contributed by atoms with van der Waals surface area (Å²) >= 11 is 1.18. The molecule has 0 fully saturated rings. The fourth-order valence-corrected chi connectivity index (χ4v) is 4.33. The number of nitrogens with zero attached hydrogens (tertiary/aromatic N) is 2. The van der Waals surface area contributed by atoms with Crippen molar-refractivity contribution in [3.05, 3.63) is 78.4 Å². The maximum absolute atomic E-state index is 13.4. The van der Waals surface area contributed by atoms with Crippen LogP contribution in [0.15, 0.2) is 82.4 Å². The summed E-state index contributed by atoms with van der Waals surface area (Å²) in [6.45, 7) is 2.58. The van der Waals surface area contributed by atoms with E-state index >= 15 is 0 Å². The molecule has 1 aromatic heterocycles. The van der Waals surface area contributed by atoms with Gasteiger partial charge in [-0.25, -0.2) is 0 Å². The fraction of sp³-hybridized carbons (Fsp3) is 0.160. The van der Waals surface area contributed by atoms with Crippen LogP contribution in [0.1, 0.15) is 17.7 Å². The molecule has 1 aliphatic rings. The van der Waals surface area contributed by atoms with Crippen LogP contribution in [0.2, 0.25) is 0 Å². The molecule has 9 heteroatoms. The van der Waals surface area contributed by atoms with Crippen LogP contribution in [0.3, 0.4) is 0 Å². The van der Waals surface area contributed by atoms with Crippen molar-refractivity contribution < 1.29 is 23.4 Å². The molecule has 0 saturated heterocycles. The second kappa shape index (κ2) is 9.88. The van der Waals surface area contributed by atoms with Crippen molar-refractivity contribution in [2.45, 2.75) is 17.4 Å². The average molecular weight is 476 g/mol. The summed E-state index contributed by atoms with van der Waals surface area (Å²) in [4.78, 5) is 13.4. The lowest BCUT2D eigenvalue weighted by molar-refractivity contribution is -0.115. The molecule has 0 aliphatic carbocycles.